The molecule has 0 aliphatic heterocycles. The van der Waals surface area contributed by atoms with E-state index in [-0.39, 0.29) is 42.8 Å². The Kier molecular flexibility index (Phi) is 7.84. The molecule has 1 aliphatic carbocycles. The average molecular weight is 376 g/mol. The van der Waals surface area contributed by atoms with Gasteiger partial charge in [-0.3, -0.25) is 14.8 Å². The van der Waals surface area contributed by atoms with Gasteiger partial charge in [0, 0.05) is 29.9 Å². The number of aromatic nitrogens is 3. The van der Waals surface area contributed by atoms with Crippen LogP contribution in [0.25, 0.3) is 10.7 Å². The summed E-state index contributed by atoms with van der Waals surface area (Å²) in [5.74, 6) is -0.123. The minimum absolute atomic E-state index is 0. The van der Waals surface area contributed by atoms with Crippen molar-refractivity contribution >= 4 is 42.1 Å². The minimum Gasteiger partial charge on any atom is -0.348 e. The number of rotatable bonds is 3. The van der Waals surface area contributed by atoms with Crippen LogP contribution in [0.15, 0.2) is 24.0 Å². The van der Waals surface area contributed by atoms with Crippen LogP contribution in [0.4, 0.5) is 0 Å². The Hall–Kier alpha value is -1.28. The quantitative estimate of drug-likeness (QED) is 0.858. The van der Waals surface area contributed by atoms with Crippen molar-refractivity contribution in [2.45, 2.75) is 37.8 Å². The van der Waals surface area contributed by atoms with Crippen molar-refractivity contribution in [2.75, 3.05) is 0 Å². The van der Waals surface area contributed by atoms with Crippen molar-refractivity contribution in [3.8, 4) is 10.7 Å². The number of carbonyl (C=O) groups excluding carboxylic acids is 1. The molecule has 0 bridgehead atoms. The first-order valence-electron chi connectivity index (χ1n) is 7.01. The summed E-state index contributed by atoms with van der Waals surface area (Å²) in [6.45, 7) is 0. The second-order valence-electron chi connectivity index (χ2n) is 5.21. The Morgan fingerprint density at radius 1 is 1.22 bits per heavy atom. The summed E-state index contributed by atoms with van der Waals surface area (Å²) in [7, 11) is 0. The molecule has 3 N–H and O–H groups in total. The predicted molar refractivity (Wildman–Crippen MR) is 95.3 cm³/mol. The normalized spacial score (nSPS) is 20.0. The highest BCUT2D eigenvalue weighted by Gasteiger charge is 2.21. The van der Waals surface area contributed by atoms with Crippen molar-refractivity contribution < 1.29 is 4.79 Å². The Bertz CT molecular complexity index is 617. The van der Waals surface area contributed by atoms with Gasteiger partial charge in [0.15, 0.2) is 0 Å². The molecule has 0 saturated heterocycles. The zero-order chi connectivity index (χ0) is 14.7. The second-order valence-corrected chi connectivity index (χ2v) is 6.07. The van der Waals surface area contributed by atoms with Gasteiger partial charge in [-0.15, -0.1) is 36.2 Å². The third kappa shape index (κ3) is 5.10. The van der Waals surface area contributed by atoms with E-state index < -0.39 is 0 Å². The molecule has 1 saturated carbocycles. The summed E-state index contributed by atoms with van der Waals surface area (Å²) in [6.07, 6.45) is 8.67. The number of hydrogen-bond donors (Lipinski definition) is 2. The summed E-state index contributed by atoms with van der Waals surface area (Å²) in [5.41, 5.74) is 7.00. The van der Waals surface area contributed by atoms with Gasteiger partial charge in [0.1, 0.15) is 16.4 Å². The molecule has 0 unspecified atom stereocenters. The standard InChI is InChI=1S/C14H17N5OS.2ClH/c15-9-1-3-10(4-2-9)18-13(20)12-8-21-14(19-12)11-7-16-5-6-17-11;;/h5-10H,1-4,15H2,(H,18,20);2*1H. The van der Waals surface area contributed by atoms with Gasteiger partial charge in [-0.25, -0.2) is 4.98 Å². The lowest BCUT2D eigenvalue weighted by Crippen LogP contribution is -2.40. The fraction of sp³-hybridized carbons (Fsp3) is 0.429. The van der Waals surface area contributed by atoms with E-state index in [1.807, 2.05) is 0 Å². The summed E-state index contributed by atoms with van der Waals surface area (Å²) < 4.78 is 0. The second kappa shape index (κ2) is 9.12. The van der Waals surface area contributed by atoms with Crippen molar-refractivity contribution in [3.63, 3.8) is 0 Å². The molecule has 9 heteroatoms. The van der Waals surface area contributed by atoms with E-state index in [0.717, 1.165) is 25.7 Å². The predicted octanol–water partition coefficient (Wildman–Crippen LogP) is 2.44. The maximum atomic E-state index is 12.2. The Labute approximate surface area is 151 Å². The summed E-state index contributed by atoms with van der Waals surface area (Å²) in [5, 5.41) is 5.50. The molecule has 126 valence electrons. The van der Waals surface area contributed by atoms with Crippen LogP contribution in [-0.2, 0) is 0 Å². The molecule has 0 radical (unpaired) electrons. The molecular formula is C14H19Cl2N5OS. The van der Waals surface area contributed by atoms with Crippen LogP contribution in [0, 0.1) is 0 Å². The highest BCUT2D eigenvalue weighted by molar-refractivity contribution is 7.13. The largest absolute Gasteiger partial charge is 0.348 e. The summed E-state index contributed by atoms with van der Waals surface area (Å²) in [4.78, 5) is 24.7. The van der Waals surface area contributed by atoms with E-state index in [9.17, 15) is 4.79 Å². The molecule has 1 aliphatic rings. The molecule has 6 nitrogen and oxygen atoms in total. The molecule has 0 aromatic carbocycles. The minimum atomic E-state index is -0.123. The molecule has 0 spiro atoms. The number of thiazole rings is 1. The number of hydrogen-bond acceptors (Lipinski definition) is 6. The number of nitrogens with zero attached hydrogens (tertiary/aromatic N) is 3. The first-order chi connectivity index (χ1) is 10.2. The lowest BCUT2D eigenvalue weighted by atomic mass is 9.92. The number of amides is 1. The van der Waals surface area contributed by atoms with E-state index in [1.165, 1.54) is 11.3 Å². The van der Waals surface area contributed by atoms with Crippen LogP contribution >= 0.6 is 36.2 Å². The van der Waals surface area contributed by atoms with Gasteiger partial charge in [0.05, 0.1) is 6.20 Å². The zero-order valence-electron chi connectivity index (χ0n) is 12.3. The van der Waals surface area contributed by atoms with Gasteiger partial charge < -0.3 is 11.1 Å². The number of nitrogens with one attached hydrogen (secondary N) is 1. The Morgan fingerprint density at radius 2 is 1.96 bits per heavy atom. The van der Waals surface area contributed by atoms with E-state index in [0.29, 0.717) is 16.4 Å². The van der Waals surface area contributed by atoms with Crippen molar-refractivity contribution in [1.29, 1.82) is 0 Å². The number of halogens is 2. The molecule has 1 fully saturated rings. The van der Waals surface area contributed by atoms with Gasteiger partial charge in [-0.05, 0) is 25.7 Å². The number of carbonyl (C=O) groups is 1. The summed E-state index contributed by atoms with van der Waals surface area (Å²) >= 11 is 1.40. The van der Waals surface area contributed by atoms with Gasteiger partial charge in [-0.1, -0.05) is 0 Å². The topological polar surface area (TPSA) is 93.8 Å². The van der Waals surface area contributed by atoms with Crippen LogP contribution in [0.3, 0.4) is 0 Å². The maximum absolute atomic E-state index is 12.2. The van der Waals surface area contributed by atoms with Gasteiger partial charge in [0.2, 0.25) is 0 Å². The van der Waals surface area contributed by atoms with Crippen molar-refractivity contribution in [1.82, 2.24) is 20.3 Å². The average Bonchev–Trinajstić information content (AvgIpc) is 3.00. The highest BCUT2D eigenvalue weighted by atomic mass is 35.5. The van der Waals surface area contributed by atoms with E-state index in [4.69, 9.17) is 5.73 Å². The fourth-order valence-electron chi connectivity index (χ4n) is 2.43. The lowest BCUT2D eigenvalue weighted by Gasteiger charge is -2.26. The third-order valence-corrected chi connectivity index (χ3v) is 4.49. The smallest absolute Gasteiger partial charge is 0.270 e. The van der Waals surface area contributed by atoms with Gasteiger partial charge in [0.25, 0.3) is 5.91 Å². The van der Waals surface area contributed by atoms with Crippen molar-refractivity contribution in [2.24, 2.45) is 5.73 Å². The van der Waals surface area contributed by atoms with Gasteiger partial charge in [-0.2, -0.15) is 0 Å². The first-order valence-corrected chi connectivity index (χ1v) is 7.88. The molecule has 2 aromatic heterocycles. The van der Waals surface area contributed by atoms with Crippen LogP contribution in [0.5, 0.6) is 0 Å². The third-order valence-electron chi connectivity index (χ3n) is 3.63. The number of nitrogens with two attached hydrogens (primary N) is 1. The first kappa shape index (κ1) is 19.8. The Morgan fingerprint density at radius 3 is 2.61 bits per heavy atom. The maximum Gasteiger partial charge on any atom is 0.270 e. The Balaban J connectivity index is 0.00000132. The summed E-state index contributed by atoms with van der Waals surface area (Å²) in [6, 6.07) is 0.486. The molecule has 2 heterocycles. The molecular weight excluding hydrogens is 357 g/mol. The zero-order valence-corrected chi connectivity index (χ0v) is 14.8. The van der Waals surface area contributed by atoms with Crippen LogP contribution in [-0.4, -0.2) is 32.9 Å². The van der Waals surface area contributed by atoms with E-state index >= 15 is 0 Å². The van der Waals surface area contributed by atoms with Crippen molar-refractivity contribution in [3.05, 3.63) is 29.7 Å². The molecule has 0 atom stereocenters. The van der Waals surface area contributed by atoms with Crippen LogP contribution < -0.4 is 11.1 Å². The molecule has 2 aromatic rings. The molecule has 1 amide bonds. The van der Waals surface area contributed by atoms with Gasteiger partial charge >= 0.3 is 0 Å². The molecule has 3 rings (SSSR count). The highest BCUT2D eigenvalue weighted by Crippen LogP contribution is 2.21. The SMILES string of the molecule is Cl.Cl.NC1CCC(NC(=O)c2csc(-c3cnccn3)n2)CC1. The van der Waals surface area contributed by atoms with E-state index in [1.54, 1.807) is 24.0 Å². The fourth-order valence-corrected chi connectivity index (χ4v) is 3.19. The van der Waals surface area contributed by atoms with Crippen LogP contribution in [0.1, 0.15) is 36.2 Å². The monoisotopic (exact) mass is 375 g/mol. The lowest BCUT2D eigenvalue weighted by molar-refractivity contribution is 0.0921. The molecule has 23 heavy (non-hydrogen) atoms. The van der Waals surface area contributed by atoms with Crippen LogP contribution in [0.2, 0.25) is 0 Å². The van der Waals surface area contributed by atoms with E-state index in [2.05, 4.69) is 20.3 Å².